The van der Waals surface area contributed by atoms with Gasteiger partial charge >= 0.3 is 5.69 Å². The van der Waals surface area contributed by atoms with Crippen LogP contribution >= 0.6 is 23.4 Å². The van der Waals surface area contributed by atoms with E-state index in [1.54, 1.807) is 24.3 Å². The molecular weight excluding hydrogens is 396 g/mol. The van der Waals surface area contributed by atoms with Gasteiger partial charge in [0.2, 0.25) is 0 Å². The quantitative estimate of drug-likeness (QED) is 0.620. The predicted octanol–water partition coefficient (Wildman–Crippen LogP) is 2.95. The summed E-state index contributed by atoms with van der Waals surface area (Å²) in [5, 5.41) is 0.373. The molecule has 0 N–H and O–H groups in total. The van der Waals surface area contributed by atoms with Gasteiger partial charge in [0.1, 0.15) is 0 Å². The van der Waals surface area contributed by atoms with E-state index >= 15 is 0 Å². The molecule has 3 rings (SSSR count). The number of halogens is 1. The number of benzene rings is 2. The van der Waals surface area contributed by atoms with Crippen LogP contribution in [0.15, 0.2) is 75.5 Å². The second-order valence-electron chi connectivity index (χ2n) is 5.21. The van der Waals surface area contributed by atoms with Crippen LogP contribution in [0.3, 0.4) is 0 Å². The molecule has 26 heavy (non-hydrogen) atoms. The summed E-state index contributed by atoms with van der Waals surface area (Å²) in [6.45, 7) is 0. The zero-order chi connectivity index (χ0) is 18.9. The van der Waals surface area contributed by atoms with Gasteiger partial charge in [-0.3, -0.25) is 4.79 Å². The second kappa shape index (κ2) is 7.14. The largest absolute Gasteiger partial charge is 0.349 e. The highest BCUT2D eigenvalue weighted by atomic mass is 35.5. The highest BCUT2D eigenvalue weighted by Crippen LogP contribution is 2.21. The number of imidazole rings is 1. The van der Waals surface area contributed by atoms with Crippen molar-refractivity contribution in [2.45, 2.75) is 9.79 Å². The molecule has 0 radical (unpaired) electrons. The van der Waals surface area contributed by atoms with Gasteiger partial charge in [-0.25, -0.2) is 17.8 Å². The lowest BCUT2D eigenvalue weighted by Crippen LogP contribution is -2.32. The lowest BCUT2D eigenvalue weighted by Gasteiger charge is -2.06. The molecule has 1 heterocycles. The Bertz CT molecular complexity index is 1130. The molecule has 6 nitrogen and oxygen atoms in total. The van der Waals surface area contributed by atoms with Gasteiger partial charge in [-0.2, -0.15) is 3.97 Å². The Kier molecular flexibility index (Phi) is 5.08. The van der Waals surface area contributed by atoms with Crippen LogP contribution in [0.25, 0.3) is 0 Å². The third-order valence-electron chi connectivity index (χ3n) is 3.67. The zero-order valence-corrected chi connectivity index (χ0v) is 15.9. The molecule has 0 saturated carbocycles. The molecule has 0 aliphatic heterocycles. The maximum Gasteiger partial charge on any atom is 0.349 e. The molecule has 0 fully saturated rings. The van der Waals surface area contributed by atoms with Gasteiger partial charge in [-0.05, 0) is 42.7 Å². The minimum absolute atomic E-state index is 0.0984. The second-order valence-corrected chi connectivity index (χ2v) is 8.31. The molecular formula is C17H13ClN2O4S2. The SMILES string of the molecule is CSc1ccccc1C(=O)n1ccn(S(=O)(=O)c2ccc(Cl)cc2)c1=O. The molecule has 2 aromatic carbocycles. The number of hydrogen-bond acceptors (Lipinski definition) is 5. The molecule has 0 aliphatic carbocycles. The van der Waals surface area contributed by atoms with Crippen molar-refractivity contribution in [3.05, 3.63) is 82.0 Å². The molecule has 1 aromatic heterocycles. The highest BCUT2D eigenvalue weighted by Gasteiger charge is 2.23. The van der Waals surface area contributed by atoms with Crippen LogP contribution in [0.2, 0.25) is 5.02 Å². The third-order valence-corrected chi connectivity index (χ3v) is 6.38. The van der Waals surface area contributed by atoms with Crippen LogP contribution in [0.4, 0.5) is 0 Å². The van der Waals surface area contributed by atoms with Crippen molar-refractivity contribution in [1.29, 1.82) is 0 Å². The monoisotopic (exact) mass is 408 g/mol. The lowest BCUT2D eigenvalue weighted by molar-refractivity contribution is 0.0953. The molecule has 0 unspecified atom stereocenters. The summed E-state index contributed by atoms with van der Waals surface area (Å²) >= 11 is 7.13. The number of nitrogens with zero attached hydrogens (tertiary/aromatic N) is 2. The topological polar surface area (TPSA) is 78.1 Å². The lowest BCUT2D eigenvalue weighted by atomic mass is 10.2. The first-order valence-corrected chi connectivity index (χ1v) is 10.4. The van der Waals surface area contributed by atoms with E-state index in [1.807, 2.05) is 6.26 Å². The fraction of sp³-hybridized carbons (Fsp3) is 0.0588. The first kappa shape index (κ1) is 18.5. The molecule has 9 heteroatoms. The van der Waals surface area contributed by atoms with E-state index in [9.17, 15) is 18.0 Å². The average molecular weight is 409 g/mol. The Balaban J connectivity index is 2.07. The number of carbonyl (C=O) groups excluding carboxylic acids is 1. The molecule has 3 aromatic rings. The summed E-state index contributed by atoms with van der Waals surface area (Å²) in [4.78, 5) is 25.8. The molecule has 0 spiro atoms. The van der Waals surface area contributed by atoms with Gasteiger partial charge < -0.3 is 0 Å². The van der Waals surface area contributed by atoms with Crippen molar-refractivity contribution in [1.82, 2.24) is 8.54 Å². The number of hydrogen-bond donors (Lipinski definition) is 0. The van der Waals surface area contributed by atoms with Gasteiger partial charge in [0, 0.05) is 22.3 Å². The van der Waals surface area contributed by atoms with E-state index in [2.05, 4.69) is 0 Å². The van der Waals surface area contributed by atoms with Crippen LogP contribution < -0.4 is 5.69 Å². The molecule has 0 atom stereocenters. The van der Waals surface area contributed by atoms with Crippen LogP contribution in [-0.4, -0.2) is 29.1 Å². The summed E-state index contributed by atoms with van der Waals surface area (Å²) in [6, 6.07) is 12.2. The third kappa shape index (κ3) is 3.23. The minimum Gasteiger partial charge on any atom is -0.268 e. The van der Waals surface area contributed by atoms with Gasteiger partial charge in [0.05, 0.1) is 10.5 Å². The molecule has 134 valence electrons. The fourth-order valence-corrected chi connectivity index (χ4v) is 4.30. The summed E-state index contributed by atoms with van der Waals surface area (Å²) in [5.74, 6) is -0.593. The Hall–Kier alpha value is -2.29. The van der Waals surface area contributed by atoms with Crippen LogP contribution in [-0.2, 0) is 10.0 Å². The standard InChI is InChI=1S/C17H13ClN2O4S2/c1-25-15-5-3-2-4-14(15)16(21)19-10-11-20(17(19)22)26(23,24)13-8-6-12(18)7-9-13/h2-11H,1H3. The molecule has 0 amide bonds. The predicted molar refractivity (Wildman–Crippen MR) is 101 cm³/mol. The van der Waals surface area contributed by atoms with Crippen LogP contribution in [0.5, 0.6) is 0 Å². The molecule has 0 bridgehead atoms. The average Bonchev–Trinajstić information content (AvgIpc) is 3.03. The van der Waals surface area contributed by atoms with Crippen LogP contribution in [0, 0.1) is 0 Å². The van der Waals surface area contributed by atoms with Crippen molar-refractivity contribution < 1.29 is 13.2 Å². The van der Waals surface area contributed by atoms with Crippen molar-refractivity contribution in [2.75, 3.05) is 6.26 Å². The number of carbonyl (C=O) groups is 1. The first-order valence-electron chi connectivity index (χ1n) is 7.35. The maximum atomic E-state index is 12.7. The highest BCUT2D eigenvalue weighted by molar-refractivity contribution is 7.98. The van der Waals surface area contributed by atoms with E-state index in [0.717, 1.165) is 17.0 Å². The normalized spacial score (nSPS) is 11.5. The Morgan fingerprint density at radius 1 is 1.04 bits per heavy atom. The van der Waals surface area contributed by atoms with E-state index in [-0.39, 0.29) is 4.90 Å². The summed E-state index contributed by atoms with van der Waals surface area (Å²) in [5.41, 5.74) is -0.635. The maximum absolute atomic E-state index is 12.7. The van der Waals surface area contributed by atoms with E-state index < -0.39 is 21.6 Å². The van der Waals surface area contributed by atoms with E-state index in [1.165, 1.54) is 36.0 Å². The van der Waals surface area contributed by atoms with E-state index in [0.29, 0.717) is 19.5 Å². The van der Waals surface area contributed by atoms with Crippen LogP contribution in [0.1, 0.15) is 10.4 Å². The van der Waals surface area contributed by atoms with Gasteiger partial charge in [-0.15, -0.1) is 11.8 Å². The van der Waals surface area contributed by atoms with Gasteiger partial charge in [0.15, 0.2) is 0 Å². The van der Waals surface area contributed by atoms with Gasteiger partial charge in [0.25, 0.3) is 15.9 Å². The van der Waals surface area contributed by atoms with Crippen molar-refractivity contribution in [2.24, 2.45) is 0 Å². The van der Waals surface area contributed by atoms with Crippen molar-refractivity contribution >= 4 is 39.3 Å². The summed E-state index contributed by atoms with van der Waals surface area (Å²) in [7, 11) is -4.13. The Labute approximate surface area is 159 Å². The fourth-order valence-electron chi connectivity index (χ4n) is 2.37. The van der Waals surface area contributed by atoms with Crippen molar-refractivity contribution in [3.8, 4) is 0 Å². The zero-order valence-electron chi connectivity index (χ0n) is 13.5. The number of thioether (sulfide) groups is 1. The molecule has 0 saturated heterocycles. The first-order chi connectivity index (χ1) is 12.4. The summed E-state index contributed by atoms with van der Waals surface area (Å²) in [6.07, 6.45) is 4.02. The Morgan fingerprint density at radius 2 is 1.69 bits per heavy atom. The number of aromatic nitrogens is 2. The smallest absolute Gasteiger partial charge is 0.268 e. The van der Waals surface area contributed by atoms with Crippen molar-refractivity contribution in [3.63, 3.8) is 0 Å². The van der Waals surface area contributed by atoms with E-state index in [4.69, 9.17) is 11.6 Å². The number of rotatable bonds is 4. The Morgan fingerprint density at radius 3 is 2.35 bits per heavy atom. The summed E-state index contributed by atoms with van der Waals surface area (Å²) < 4.78 is 26.6. The molecule has 0 aliphatic rings. The van der Waals surface area contributed by atoms with Gasteiger partial charge in [-0.1, -0.05) is 23.7 Å². The minimum atomic E-state index is -4.13.